The molecule has 9 heteroatoms. The van der Waals surface area contributed by atoms with E-state index in [0.29, 0.717) is 36.1 Å². The van der Waals surface area contributed by atoms with Crippen molar-refractivity contribution >= 4 is 11.9 Å². The number of esters is 1. The molecule has 31 heavy (non-hydrogen) atoms. The first-order chi connectivity index (χ1) is 14.7. The Hall–Kier alpha value is -3.23. The summed E-state index contributed by atoms with van der Waals surface area (Å²) >= 11 is 0. The van der Waals surface area contributed by atoms with E-state index in [4.69, 9.17) is 14.2 Å². The van der Waals surface area contributed by atoms with Crippen LogP contribution in [0.1, 0.15) is 35.5 Å². The van der Waals surface area contributed by atoms with Gasteiger partial charge in [-0.05, 0) is 48.7 Å². The van der Waals surface area contributed by atoms with Crippen LogP contribution < -0.4 is 9.47 Å². The van der Waals surface area contributed by atoms with Crippen LogP contribution in [0.15, 0.2) is 30.3 Å². The van der Waals surface area contributed by atoms with Crippen LogP contribution in [0, 0.1) is 6.92 Å². The average Bonchev–Trinajstić information content (AvgIpc) is 2.75. The number of carbonyl (C=O) groups is 2. The molecule has 0 unspecified atom stereocenters. The Morgan fingerprint density at radius 1 is 1.23 bits per heavy atom. The Labute approximate surface area is 178 Å². The number of benzene rings is 1. The van der Waals surface area contributed by atoms with Gasteiger partial charge in [-0.3, -0.25) is 9.78 Å². The first kappa shape index (κ1) is 22.5. The van der Waals surface area contributed by atoms with E-state index in [1.807, 2.05) is 19.1 Å². The van der Waals surface area contributed by atoms with Crippen molar-refractivity contribution in [2.75, 3.05) is 20.8 Å². The van der Waals surface area contributed by atoms with E-state index in [0.717, 1.165) is 23.3 Å². The topological polar surface area (TPSA) is 78.0 Å². The number of amides is 1. The SMILES string of the molecule is COC(=O)[C@H]1c2ccc(OCc3nc(C)ccc3OC)cc2CCN1C(=O)C(C)(F)F. The van der Waals surface area contributed by atoms with E-state index < -0.39 is 23.8 Å². The van der Waals surface area contributed by atoms with Gasteiger partial charge in [-0.25, -0.2) is 4.79 Å². The third-order valence-electron chi connectivity index (χ3n) is 5.07. The highest BCUT2D eigenvalue weighted by molar-refractivity contribution is 5.89. The number of rotatable bonds is 6. The summed E-state index contributed by atoms with van der Waals surface area (Å²) < 4.78 is 43.2. The summed E-state index contributed by atoms with van der Waals surface area (Å²) in [5.41, 5.74) is 2.62. The molecule has 1 amide bonds. The lowest BCUT2D eigenvalue weighted by molar-refractivity contribution is -0.166. The number of aryl methyl sites for hydroxylation is 1. The lowest BCUT2D eigenvalue weighted by atomic mass is 9.91. The van der Waals surface area contributed by atoms with Gasteiger partial charge < -0.3 is 19.1 Å². The average molecular weight is 434 g/mol. The van der Waals surface area contributed by atoms with Gasteiger partial charge in [-0.2, -0.15) is 8.78 Å². The van der Waals surface area contributed by atoms with Gasteiger partial charge in [-0.15, -0.1) is 0 Å². The first-order valence-electron chi connectivity index (χ1n) is 9.68. The molecule has 0 N–H and O–H groups in total. The zero-order chi connectivity index (χ0) is 22.8. The Bertz CT molecular complexity index is 990. The lowest BCUT2D eigenvalue weighted by Crippen LogP contribution is -2.49. The highest BCUT2D eigenvalue weighted by Crippen LogP contribution is 2.35. The molecular formula is C22H24F2N2O5. The molecule has 0 saturated heterocycles. The number of pyridine rings is 1. The van der Waals surface area contributed by atoms with Gasteiger partial charge >= 0.3 is 11.9 Å². The third-order valence-corrected chi connectivity index (χ3v) is 5.07. The normalized spacial score (nSPS) is 15.8. The van der Waals surface area contributed by atoms with Crippen molar-refractivity contribution in [3.63, 3.8) is 0 Å². The number of hydrogen-bond donors (Lipinski definition) is 0. The Kier molecular flexibility index (Phi) is 6.42. The van der Waals surface area contributed by atoms with Gasteiger partial charge in [0.2, 0.25) is 0 Å². The number of aromatic nitrogens is 1. The van der Waals surface area contributed by atoms with Crippen molar-refractivity contribution in [1.82, 2.24) is 9.88 Å². The zero-order valence-electron chi connectivity index (χ0n) is 17.8. The molecule has 0 radical (unpaired) electrons. The van der Waals surface area contributed by atoms with Gasteiger partial charge in [0.25, 0.3) is 5.91 Å². The van der Waals surface area contributed by atoms with Crippen LogP contribution in [0.5, 0.6) is 11.5 Å². The second-order valence-electron chi connectivity index (χ2n) is 7.31. The monoisotopic (exact) mass is 434 g/mol. The number of hydrogen-bond acceptors (Lipinski definition) is 6. The first-order valence-corrected chi connectivity index (χ1v) is 9.68. The summed E-state index contributed by atoms with van der Waals surface area (Å²) in [7, 11) is 2.71. The summed E-state index contributed by atoms with van der Waals surface area (Å²) in [4.78, 5) is 29.8. The molecule has 0 bridgehead atoms. The summed E-state index contributed by atoms with van der Waals surface area (Å²) in [5, 5.41) is 0. The predicted molar refractivity (Wildman–Crippen MR) is 107 cm³/mol. The maximum Gasteiger partial charge on any atom is 0.333 e. The summed E-state index contributed by atoms with van der Waals surface area (Å²) in [6.45, 7) is 2.51. The molecule has 166 valence electrons. The number of methoxy groups -OCH3 is 2. The fourth-order valence-electron chi connectivity index (χ4n) is 3.57. The molecule has 0 spiro atoms. The van der Waals surface area contributed by atoms with Crippen molar-refractivity contribution in [1.29, 1.82) is 0 Å². The molecule has 1 aromatic heterocycles. The molecule has 0 aliphatic carbocycles. The molecular weight excluding hydrogens is 410 g/mol. The fourth-order valence-corrected chi connectivity index (χ4v) is 3.57. The minimum absolute atomic E-state index is 0.0360. The third kappa shape index (κ3) is 4.76. The van der Waals surface area contributed by atoms with Gasteiger partial charge in [0, 0.05) is 19.2 Å². The van der Waals surface area contributed by atoms with Crippen LogP contribution in [0.4, 0.5) is 8.78 Å². The number of alkyl halides is 2. The molecule has 1 atom stereocenters. The van der Waals surface area contributed by atoms with Crippen molar-refractivity contribution in [3.05, 3.63) is 52.8 Å². The maximum atomic E-state index is 13.7. The molecule has 2 heterocycles. The van der Waals surface area contributed by atoms with Crippen LogP contribution in [0.25, 0.3) is 0 Å². The standard InChI is InChI=1S/C22H24F2N2O5/c1-13-5-8-18(29-3)17(25-13)12-31-15-6-7-16-14(11-15)9-10-26(19(16)20(27)30-4)21(28)22(2,23)24/h5-8,11,19H,9-10,12H2,1-4H3/t19-/m1/s1. The second kappa shape index (κ2) is 8.87. The maximum absolute atomic E-state index is 13.7. The van der Waals surface area contributed by atoms with Crippen LogP contribution in [0.3, 0.4) is 0 Å². The molecule has 7 nitrogen and oxygen atoms in total. The van der Waals surface area contributed by atoms with Crippen molar-refractivity contribution in [2.24, 2.45) is 0 Å². The smallest absolute Gasteiger partial charge is 0.333 e. The number of fused-ring (bicyclic) bond motifs is 1. The van der Waals surface area contributed by atoms with Gasteiger partial charge in [0.05, 0.1) is 14.2 Å². The summed E-state index contributed by atoms with van der Waals surface area (Å²) in [6, 6.07) is 7.36. The number of halogens is 2. The molecule has 3 rings (SSSR count). The Morgan fingerprint density at radius 3 is 2.61 bits per heavy atom. The summed E-state index contributed by atoms with van der Waals surface area (Å²) in [5.74, 6) is -4.66. The van der Waals surface area contributed by atoms with Crippen LogP contribution in [-0.2, 0) is 27.4 Å². The van der Waals surface area contributed by atoms with Gasteiger partial charge in [0.1, 0.15) is 23.8 Å². The molecule has 0 saturated carbocycles. The molecule has 1 aliphatic heterocycles. The van der Waals surface area contributed by atoms with E-state index in [9.17, 15) is 18.4 Å². The zero-order valence-corrected chi connectivity index (χ0v) is 17.8. The Morgan fingerprint density at radius 2 is 1.97 bits per heavy atom. The number of nitrogens with zero attached hydrogens (tertiary/aromatic N) is 2. The minimum Gasteiger partial charge on any atom is -0.495 e. The molecule has 1 aromatic carbocycles. The minimum atomic E-state index is -3.59. The van der Waals surface area contributed by atoms with Gasteiger partial charge in [0.15, 0.2) is 6.04 Å². The highest BCUT2D eigenvalue weighted by atomic mass is 19.3. The van der Waals surface area contributed by atoms with E-state index >= 15 is 0 Å². The summed E-state index contributed by atoms with van der Waals surface area (Å²) in [6.07, 6.45) is 0.299. The largest absolute Gasteiger partial charge is 0.495 e. The lowest BCUT2D eigenvalue weighted by Gasteiger charge is -2.36. The van der Waals surface area contributed by atoms with Crippen LogP contribution in [-0.4, -0.2) is 48.4 Å². The van der Waals surface area contributed by atoms with E-state index in [1.54, 1.807) is 25.3 Å². The molecule has 2 aromatic rings. The van der Waals surface area contributed by atoms with Crippen LogP contribution in [0.2, 0.25) is 0 Å². The van der Waals surface area contributed by atoms with E-state index in [1.165, 1.54) is 0 Å². The molecule has 0 fully saturated rings. The van der Waals surface area contributed by atoms with Gasteiger partial charge in [-0.1, -0.05) is 6.07 Å². The highest BCUT2D eigenvalue weighted by Gasteiger charge is 2.44. The van der Waals surface area contributed by atoms with Crippen molar-refractivity contribution in [2.45, 2.75) is 38.8 Å². The van der Waals surface area contributed by atoms with E-state index in [2.05, 4.69) is 4.98 Å². The fraction of sp³-hybridized carbons (Fsp3) is 0.409. The second-order valence-corrected chi connectivity index (χ2v) is 7.31. The Balaban J connectivity index is 1.86. The van der Waals surface area contributed by atoms with Crippen LogP contribution >= 0.6 is 0 Å². The predicted octanol–water partition coefficient (Wildman–Crippen LogP) is 3.23. The number of ether oxygens (including phenoxy) is 3. The van der Waals surface area contributed by atoms with Crippen molar-refractivity contribution < 1.29 is 32.6 Å². The molecule has 1 aliphatic rings. The van der Waals surface area contributed by atoms with E-state index in [-0.39, 0.29) is 13.2 Å². The number of carbonyl (C=O) groups excluding carboxylic acids is 2. The van der Waals surface area contributed by atoms with Crippen molar-refractivity contribution in [3.8, 4) is 11.5 Å². The quantitative estimate of drug-likeness (QED) is 0.650.